The van der Waals surface area contributed by atoms with Crippen molar-refractivity contribution in [2.45, 2.75) is 39.3 Å². The summed E-state index contributed by atoms with van der Waals surface area (Å²) in [5, 5.41) is 0. The quantitative estimate of drug-likeness (QED) is 0.750. The molecule has 4 rings (SSSR count). The van der Waals surface area contributed by atoms with Gasteiger partial charge >= 0.3 is 0 Å². The van der Waals surface area contributed by atoms with Gasteiger partial charge in [0.2, 0.25) is 0 Å². The Morgan fingerprint density at radius 1 is 0.964 bits per heavy atom. The molecule has 2 aromatic rings. The summed E-state index contributed by atoms with van der Waals surface area (Å²) in [5.41, 5.74) is 1.62. The summed E-state index contributed by atoms with van der Waals surface area (Å²) < 4.78 is 16.9. The summed E-state index contributed by atoms with van der Waals surface area (Å²) in [4.78, 5) is 5.16. The molecule has 2 aliphatic rings. The van der Waals surface area contributed by atoms with E-state index in [-0.39, 0.29) is 0 Å². The maximum absolute atomic E-state index is 5.79. The second-order valence-electron chi connectivity index (χ2n) is 8.44. The van der Waals surface area contributed by atoms with Gasteiger partial charge in [-0.2, -0.15) is 0 Å². The summed E-state index contributed by atoms with van der Waals surface area (Å²) in [6.45, 7) is 8.49. The van der Waals surface area contributed by atoms with Crippen LogP contribution in [0.5, 0.6) is 11.5 Å². The molecule has 152 valence electrons. The van der Waals surface area contributed by atoms with Crippen LogP contribution in [-0.4, -0.2) is 50.2 Å². The fourth-order valence-electron chi connectivity index (χ4n) is 5.05. The number of likely N-dealkylation sites (tertiary alicyclic amines) is 2. The van der Waals surface area contributed by atoms with Gasteiger partial charge in [0.05, 0.1) is 20.8 Å². The van der Waals surface area contributed by atoms with E-state index < -0.39 is 0 Å². The number of rotatable bonds is 6. The van der Waals surface area contributed by atoms with Gasteiger partial charge < -0.3 is 13.9 Å². The molecule has 5 heteroatoms. The third kappa shape index (κ3) is 4.06. The Bertz CT molecular complexity index is 803. The Kier molecular flexibility index (Phi) is 5.65. The summed E-state index contributed by atoms with van der Waals surface area (Å²) in [6, 6.07) is 10.3. The lowest BCUT2D eigenvalue weighted by molar-refractivity contribution is 0.0851. The lowest BCUT2D eigenvalue weighted by Gasteiger charge is -2.40. The number of furan rings is 1. The van der Waals surface area contributed by atoms with E-state index in [2.05, 4.69) is 34.1 Å². The van der Waals surface area contributed by atoms with E-state index in [9.17, 15) is 0 Å². The van der Waals surface area contributed by atoms with Gasteiger partial charge in [-0.15, -0.1) is 0 Å². The molecule has 2 saturated heterocycles. The van der Waals surface area contributed by atoms with Crippen LogP contribution in [0.3, 0.4) is 0 Å². The summed E-state index contributed by atoms with van der Waals surface area (Å²) in [5.74, 6) is 3.77. The fourth-order valence-corrected chi connectivity index (χ4v) is 5.05. The number of hydrogen-bond acceptors (Lipinski definition) is 5. The average Bonchev–Trinajstić information content (AvgIpc) is 3.27. The summed E-state index contributed by atoms with van der Waals surface area (Å²) in [7, 11) is 3.43. The van der Waals surface area contributed by atoms with Gasteiger partial charge in [0.15, 0.2) is 11.5 Å². The van der Waals surface area contributed by atoms with Crippen molar-refractivity contribution in [3.63, 3.8) is 0 Å². The van der Waals surface area contributed by atoms with Gasteiger partial charge in [-0.3, -0.25) is 9.80 Å². The maximum Gasteiger partial charge on any atom is 0.165 e. The zero-order valence-electron chi connectivity index (χ0n) is 17.4. The first-order chi connectivity index (χ1) is 13.6. The number of aryl methyl sites for hydroxylation is 1. The molecule has 1 spiro atoms. The largest absolute Gasteiger partial charge is 0.493 e. The molecule has 0 amide bonds. The van der Waals surface area contributed by atoms with Gasteiger partial charge in [-0.25, -0.2) is 0 Å². The Balaban J connectivity index is 1.41. The minimum absolute atomic E-state index is 0.409. The molecular weight excluding hydrogens is 352 g/mol. The minimum atomic E-state index is 0.409. The van der Waals surface area contributed by atoms with Crippen molar-refractivity contribution >= 4 is 0 Å². The van der Waals surface area contributed by atoms with E-state index in [1.165, 1.54) is 31.4 Å². The van der Waals surface area contributed by atoms with Crippen LogP contribution in [0.25, 0.3) is 0 Å². The first-order valence-corrected chi connectivity index (χ1v) is 10.3. The van der Waals surface area contributed by atoms with Crippen LogP contribution in [0.15, 0.2) is 34.7 Å². The third-order valence-electron chi connectivity index (χ3n) is 6.31. The highest BCUT2D eigenvalue weighted by molar-refractivity contribution is 5.46. The highest BCUT2D eigenvalue weighted by Crippen LogP contribution is 2.41. The van der Waals surface area contributed by atoms with Crippen LogP contribution in [0.4, 0.5) is 0 Å². The second kappa shape index (κ2) is 8.18. The van der Waals surface area contributed by atoms with Gasteiger partial charge in [0, 0.05) is 25.2 Å². The smallest absolute Gasteiger partial charge is 0.165 e. The van der Waals surface area contributed by atoms with Crippen molar-refractivity contribution in [2.24, 2.45) is 5.41 Å². The topological polar surface area (TPSA) is 38.1 Å². The molecule has 1 aromatic heterocycles. The first-order valence-electron chi connectivity index (χ1n) is 10.3. The zero-order valence-corrected chi connectivity index (χ0v) is 17.4. The molecule has 0 N–H and O–H groups in total. The molecule has 0 aliphatic carbocycles. The number of para-hydroxylation sites is 1. The molecule has 5 nitrogen and oxygen atoms in total. The lowest BCUT2D eigenvalue weighted by Crippen LogP contribution is -2.44. The fraction of sp³-hybridized carbons (Fsp3) is 0.565. The normalized spacial score (nSPS) is 23.4. The predicted molar refractivity (Wildman–Crippen MR) is 110 cm³/mol. The molecule has 2 aliphatic heterocycles. The Morgan fingerprint density at radius 2 is 1.79 bits per heavy atom. The molecular formula is C23H32N2O3. The van der Waals surface area contributed by atoms with Crippen LogP contribution in [0.1, 0.15) is 36.3 Å². The third-order valence-corrected chi connectivity index (χ3v) is 6.31. The molecule has 0 radical (unpaired) electrons. The van der Waals surface area contributed by atoms with Gasteiger partial charge in [0.1, 0.15) is 11.5 Å². The molecule has 0 saturated carbocycles. The van der Waals surface area contributed by atoms with E-state index >= 15 is 0 Å². The van der Waals surface area contributed by atoms with Gasteiger partial charge in [0.25, 0.3) is 0 Å². The number of nitrogens with zero attached hydrogens (tertiary/aromatic N) is 2. The lowest BCUT2D eigenvalue weighted by atomic mass is 9.79. The summed E-state index contributed by atoms with van der Waals surface area (Å²) in [6.07, 6.45) is 3.87. The second-order valence-corrected chi connectivity index (χ2v) is 8.44. The van der Waals surface area contributed by atoms with Crippen LogP contribution in [0.2, 0.25) is 0 Å². The predicted octanol–water partition coefficient (Wildman–Crippen LogP) is 4.09. The van der Waals surface area contributed by atoms with Crippen molar-refractivity contribution in [1.29, 1.82) is 0 Å². The Labute approximate surface area is 168 Å². The maximum atomic E-state index is 5.79. The van der Waals surface area contributed by atoms with Crippen molar-refractivity contribution in [3.8, 4) is 11.5 Å². The highest BCUT2D eigenvalue weighted by Gasteiger charge is 2.41. The van der Waals surface area contributed by atoms with E-state index in [1.54, 1.807) is 14.2 Å². The number of piperidine rings is 1. The number of hydrogen-bond donors (Lipinski definition) is 0. The standard InChI is InChI=1S/C23H32N2O3/c1-18-8-9-20(28-18)15-25-13-11-23(17-25)10-5-12-24(16-23)14-19-6-4-7-21(26-2)22(19)27-3/h4,6-9H,5,10-17H2,1-3H3/t23-/m0/s1. The van der Waals surface area contributed by atoms with Crippen LogP contribution in [0, 0.1) is 12.3 Å². The minimum Gasteiger partial charge on any atom is -0.493 e. The molecule has 28 heavy (non-hydrogen) atoms. The number of ether oxygens (including phenoxy) is 2. The SMILES string of the molecule is COc1cccc(CN2CCC[C@]3(CCN(Cc4ccc(C)o4)C3)C2)c1OC. The van der Waals surface area contributed by atoms with E-state index in [0.717, 1.165) is 55.7 Å². The van der Waals surface area contributed by atoms with Crippen LogP contribution >= 0.6 is 0 Å². The molecule has 3 heterocycles. The first kappa shape index (κ1) is 19.3. The molecule has 0 bridgehead atoms. The highest BCUT2D eigenvalue weighted by atomic mass is 16.5. The van der Waals surface area contributed by atoms with Crippen LogP contribution in [-0.2, 0) is 13.1 Å². The van der Waals surface area contributed by atoms with Crippen molar-refractivity contribution in [1.82, 2.24) is 9.80 Å². The molecule has 1 atom stereocenters. The van der Waals surface area contributed by atoms with Crippen molar-refractivity contribution in [3.05, 3.63) is 47.4 Å². The number of benzene rings is 1. The van der Waals surface area contributed by atoms with Gasteiger partial charge in [-0.1, -0.05) is 12.1 Å². The van der Waals surface area contributed by atoms with Crippen LogP contribution < -0.4 is 9.47 Å². The monoisotopic (exact) mass is 384 g/mol. The van der Waals surface area contributed by atoms with Gasteiger partial charge in [-0.05, 0) is 62.9 Å². The molecule has 2 fully saturated rings. The Hall–Kier alpha value is -1.98. The van der Waals surface area contributed by atoms with Crippen molar-refractivity contribution in [2.75, 3.05) is 40.4 Å². The zero-order chi connectivity index (χ0) is 19.6. The van der Waals surface area contributed by atoms with E-state index in [4.69, 9.17) is 13.9 Å². The average molecular weight is 385 g/mol. The summed E-state index contributed by atoms with van der Waals surface area (Å²) >= 11 is 0. The molecule has 0 unspecified atom stereocenters. The van der Waals surface area contributed by atoms with E-state index in [0.29, 0.717) is 5.41 Å². The Morgan fingerprint density at radius 3 is 2.50 bits per heavy atom. The van der Waals surface area contributed by atoms with Crippen molar-refractivity contribution < 1.29 is 13.9 Å². The molecule has 1 aromatic carbocycles. The number of methoxy groups -OCH3 is 2. The van der Waals surface area contributed by atoms with E-state index in [1.807, 2.05) is 13.0 Å².